The third kappa shape index (κ3) is 17.5. The molecule has 0 saturated carbocycles. The molecule has 0 radical (unpaired) electrons. The van der Waals surface area contributed by atoms with Gasteiger partial charge < -0.3 is 61.5 Å². The molecule has 21 heteroatoms. The predicted molar refractivity (Wildman–Crippen MR) is 266 cm³/mol. The highest BCUT2D eigenvalue weighted by Gasteiger charge is 2.46. The number of aliphatic hydroxyl groups excluding tert-OH is 1. The number of nitrogens with zero attached hydrogens (tertiary/aromatic N) is 2. The molecule has 7 amide bonds. The number of nitrogens with one attached hydrogen (secondary N) is 5. The van der Waals surface area contributed by atoms with Gasteiger partial charge in [0.15, 0.2) is 0 Å². The highest BCUT2D eigenvalue weighted by Crippen LogP contribution is 2.27. The number of aliphatic hydroxyl groups is 1. The third-order valence-corrected chi connectivity index (χ3v) is 13.1. The first kappa shape index (κ1) is 58.8. The molecule has 9 atom stereocenters. The van der Waals surface area contributed by atoms with Crippen LogP contribution in [-0.2, 0) is 60.7 Å². The standard InChI is InChI=1S/C52H75N7O14/c1-8-9-10-11-12-13-41(62)53-36(23-25-43(64)65)46(66)57-45-31(6)73-52(72)44(30(4)5)56-48(68)39(28-33-16-20-35(61)21-17-33)58(7)51(71)40(26-29(2)3)59-42(63)24-22-37(50(59)70)54-47(67)38(55-49(45)69)27-32-14-18-34(60)19-15-32/h14-21,29-31,36-40,42,44-45,60-61,63H,8-13,22-28H2,1-7H3,(H,53,62)(H,54,67)(H,55,69)(H,56,68)(H,57,66)(H,64,65)/t31-,36+,37+,38+,39+,40+,42-,44+,45+/m1/s1. The number of carbonyl (C=O) groups is 9. The monoisotopic (exact) mass is 1020 g/mol. The van der Waals surface area contributed by atoms with Gasteiger partial charge in [-0.15, -0.1) is 0 Å². The van der Waals surface area contributed by atoms with Crippen molar-refractivity contribution in [3.05, 3.63) is 59.7 Å². The van der Waals surface area contributed by atoms with Gasteiger partial charge in [-0.1, -0.05) is 84.6 Å². The number of cyclic esters (lactones) is 1. The summed E-state index contributed by atoms with van der Waals surface area (Å²) in [5, 5.41) is 54.2. The summed E-state index contributed by atoms with van der Waals surface area (Å²) < 4.78 is 5.89. The minimum atomic E-state index is -1.85. The van der Waals surface area contributed by atoms with Gasteiger partial charge in [0.05, 0.1) is 0 Å². The van der Waals surface area contributed by atoms with Gasteiger partial charge >= 0.3 is 11.9 Å². The van der Waals surface area contributed by atoms with Crippen molar-refractivity contribution in [2.45, 2.75) is 180 Å². The molecule has 21 nitrogen and oxygen atoms in total. The molecule has 4 rings (SSSR count). The van der Waals surface area contributed by atoms with Crippen LogP contribution in [-0.4, -0.2) is 145 Å². The van der Waals surface area contributed by atoms with Gasteiger partial charge in [0.1, 0.15) is 66.1 Å². The lowest BCUT2D eigenvalue weighted by Crippen LogP contribution is -2.65. The van der Waals surface area contributed by atoms with E-state index in [9.17, 15) is 63.6 Å². The van der Waals surface area contributed by atoms with Crippen LogP contribution in [0, 0.1) is 11.8 Å². The van der Waals surface area contributed by atoms with Crippen molar-refractivity contribution >= 4 is 53.3 Å². The van der Waals surface area contributed by atoms with E-state index in [1.165, 1.54) is 50.4 Å². The first-order valence-corrected chi connectivity index (χ1v) is 25.3. The molecule has 0 spiro atoms. The lowest BCUT2D eigenvalue weighted by Gasteiger charge is -2.43. The van der Waals surface area contributed by atoms with Crippen molar-refractivity contribution in [3.63, 3.8) is 0 Å². The molecule has 2 aliphatic heterocycles. The molecule has 73 heavy (non-hydrogen) atoms. The van der Waals surface area contributed by atoms with Crippen LogP contribution in [0.5, 0.6) is 11.5 Å². The largest absolute Gasteiger partial charge is 0.508 e. The van der Waals surface area contributed by atoms with Crippen molar-refractivity contribution < 1.29 is 68.3 Å². The molecule has 0 aliphatic carbocycles. The average molecular weight is 1020 g/mol. The number of carbonyl (C=O) groups excluding carboxylic acids is 8. The number of esters is 1. The number of likely N-dealkylation sites (N-methyl/N-ethyl adjacent to an activating group) is 1. The quantitative estimate of drug-likeness (QED) is 0.0721. The van der Waals surface area contributed by atoms with E-state index < -0.39 is 120 Å². The molecule has 2 aromatic carbocycles. The van der Waals surface area contributed by atoms with Gasteiger partial charge in [0.25, 0.3) is 0 Å². The van der Waals surface area contributed by atoms with Gasteiger partial charge in [0, 0.05) is 32.7 Å². The minimum absolute atomic E-state index is 0.0194. The summed E-state index contributed by atoms with van der Waals surface area (Å²) in [4.78, 5) is 129. The number of aromatic hydroxyl groups is 2. The van der Waals surface area contributed by atoms with Gasteiger partial charge in [-0.25, -0.2) is 4.79 Å². The van der Waals surface area contributed by atoms with Crippen LogP contribution in [0.3, 0.4) is 0 Å². The number of phenols is 2. The first-order valence-electron chi connectivity index (χ1n) is 25.3. The molecule has 0 unspecified atom stereocenters. The molecular weight excluding hydrogens is 947 g/mol. The Hall–Kier alpha value is -6.77. The molecule has 2 saturated heterocycles. The van der Waals surface area contributed by atoms with Crippen molar-refractivity contribution in [2.75, 3.05) is 7.05 Å². The Morgan fingerprint density at radius 3 is 1.93 bits per heavy atom. The Balaban J connectivity index is 1.86. The fraction of sp³-hybridized carbons (Fsp3) is 0.596. The second-order valence-corrected chi connectivity index (χ2v) is 19.9. The predicted octanol–water partition coefficient (Wildman–Crippen LogP) is 2.32. The molecule has 2 fully saturated rings. The van der Waals surface area contributed by atoms with E-state index >= 15 is 0 Å². The van der Waals surface area contributed by atoms with Crippen LogP contribution in [0.4, 0.5) is 0 Å². The topological polar surface area (TPSA) is 310 Å². The number of ether oxygens (including phenoxy) is 1. The van der Waals surface area contributed by atoms with Crippen LogP contribution < -0.4 is 26.6 Å². The van der Waals surface area contributed by atoms with Crippen LogP contribution in [0.15, 0.2) is 48.5 Å². The SMILES string of the molecule is CCCCCCCC(=O)N[C@@H](CCC(=O)O)C(=O)N[C@@H]1C(=O)N[C@@H](Cc2ccc(O)cc2)C(=O)N[C@H]2CC[C@@H](O)N(C2=O)[C@@H](CC(C)C)C(=O)N(C)[C@@H](Cc2ccc(O)cc2)C(=O)N[C@@H](C(C)C)C(=O)O[C@@H]1C. The summed E-state index contributed by atoms with van der Waals surface area (Å²) in [7, 11) is 1.35. The maximum absolute atomic E-state index is 14.9. The van der Waals surface area contributed by atoms with Crippen molar-refractivity contribution in [1.82, 2.24) is 36.4 Å². The zero-order valence-electron chi connectivity index (χ0n) is 42.9. The molecule has 0 aromatic heterocycles. The maximum atomic E-state index is 14.9. The van der Waals surface area contributed by atoms with E-state index in [1.54, 1.807) is 39.8 Å². The number of aliphatic carboxylic acids is 1. The smallest absolute Gasteiger partial charge is 0.329 e. The zero-order valence-corrected chi connectivity index (χ0v) is 42.9. The second-order valence-electron chi connectivity index (χ2n) is 19.9. The minimum Gasteiger partial charge on any atom is -0.508 e. The summed E-state index contributed by atoms with van der Waals surface area (Å²) in [6.45, 7) is 10.1. The van der Waals surface area contributed by atoms with Gasteiger partial charge in [0.2, 0.25) is 41.4 Å². The van der Waals surface area contributed by atoms with Crippen molar-refractivity contribution in [3.8, 4) is 11.5 Å². The number of carboxylic acid groups (broad SMARTS) is 1. The zero-order chi connectivity index (χ0) is 54.1. The van der Waals surface area contributed by atoms with E-state index in [1.807, 2.05) is 6.92 Å². The highest BCUT2D eigenvalue weighted by molar-refractivity contribution is 5.98. The maximum Gasteiger partial charge on any atom is 0.329 e. The number of benzene rings is 2. The number of unbranched alkanes of at least 4 members (excludes halogenated alkanes) is 4. The molecule has 2 bridgehead atoms. The normalized spacial score (nSPS) is 24.1. The van der Waals surface area contributed by atoms with E-state index in [0.29, 0.717) is 17.5 Å². The number of fused-ring (bicyclic) bond motifs is 2. The van der Waals surface area contributed by atoms with Gasteiger partial charge in [-0.05, 0) is 86.3 Å². The van der Waals surface area contributed by atoms with E-state index in [0.717, 1.165) is 35.5 Å². The summed E-state index contributed by atoms with van der Waals surface area (Å²) in [5.74, 6) is -9.35. The fourth-order valence-electron chi connectivity index (χ4n) is 8.85. The number of amides is 7. The number of hydrogen-bond donors (Lipinski definition) is 9. The Morgan fingerprint density at radius 1 is 0.753 bits per heavy atom. The molecule has 2 aliphatic rings. The Labute approximate surface area is 426 Å². The van der Waals surface area contributed by atoms with E-state index in [2.05, 4.69) is 26.6 Å². The van der Waals surface area contributed by atoms with Crippen LogP contribution in [0.1, 0.15) is 123 Å². The van der Waals surface area contributed by atoms with Gasteiger partial charge in [-0.3, -0.25) is 38.4 Å². The lowest BCUT2D eigenvalue weighted by molar-refractivity contribution is -0.166. The van der Waals surface area contributed by atoms with Crippen molar-refractivity contribution in [1.29, 1.82) is 0 Å². The summed E-state index contributed by atoms with van der Waals surface area (Å²) in [6, 6.07) is 1.18. The first-order chi connectivity index (χ1) is 34.5. The number of phenolic OH excluding ortho intramolecular Hbond substituents is 2. The third-order valence-electron chi connectivity index (χ3n) is 13.1. The highest BCUT2D eigenvalue weighted by atomic mass is 16.5. The van der Waals surface area contributed by atoms with E-state index in [4.69, 9.17) is 4.74 Å². The summed E-state index contributed by atoms with van der Waals surface area (Å²) in [6.07, 6.45) is -0.457. The van der Waals surface area contributed by atoms with Crippen LogP contribution >= 0.6 is 0 Å². The van der Waals surface area contributed by atoms with Gasteiger partial charge in [-0.2, -0.15) is 0 Å². The number of carboxylic acids is 1. The molecular formula is C52H75N7O14. The Bertz CT molecular complexity index is 2240. The molecule has 402 valence electrons. The number of rotatable bonds is 19. The Morgan fingerprint density at radius 2 is 1.36 bits per heavy atom. The second kappa shape index (κ2) is 27.9. The number of hydrogen-bond acceptors (Lipinski definition) is 13. The molecule has 2 aromatic rings. The number of piperidine rings is 1. The molecule has 2 heterocycles. The van der Waals surface area contributed by atoms with E-state index in [-0.39, 0.29) is 62.4 Å². The average Bonchev–Trinajstić information content (AvgIpc) is 3.33. The Kier molecular flexibility index (Phi) is 22.5. The fourth-order valence-corrected chi connectivity index (χ4v) is 8.85. The van der Waals surface area contributed by atoms with Crippen molar-refractivity contribution in [2.24, 2.45) is 11.8 Å². The van der Waals surface area contributed by atoms with Crippen LogP contribution in [0.25, 0.3) is 0 Å². The summed E-state index contributed by atoms with van der Waals surface area (Å²) in [5.41, 5.74) is 0.930. The lowest BCUT2D eigenvalue weighted by atomic mass is 9.94. The summed E-state index contributed by atoms with van der Waals surface area (Å²) >= 11 is 0. The molecule has 9 N–H and O–H groups in total. The van der Waals surface area contributed by atoms with Crippen LogP contribution in [0.2, 0.25) is 0 Å².